The number of amides is 3. The number of nitrogens with zero attached hydrogens (tertiary/aromatic N) is 3. The minimum absolute atomic E-state index is 0.166. The van der Waals surface area contributed by atoms with Gasteiger partial charge in [-0.15, -0.1) is 0 Å². The molecule has 0 bridgehead atoms. The molecule has 3 amide bonds. The quantitative estimate of drug-likeness (QED) is 0.661. The van der Waals surface area contributed by atoms with Crippen molar-refractivity contribution in [3.63, 3.8) is 0 Å². The lowest BCUT2D eigenvalue weighted by Gasteiger charge is -2.39. The van der Waals surface area contributed by atoms with Crippen LogP contribution in [0, 0.1) is 11.8 Å². The number of piperidine rings is 2. The van der Waals surface area contributed by atoms with Crippen molar-refractivity contribution in [2.45, 2.75) is 70.1 Å². The van der Waals surface area contributed by atoms with Crippen LogP contribution in [0.15, 0.2) is 18.2 Å². The summed E-state index contributed by atoms with van der Waals surface area (Å²) in [4.78, 5) is 37.8. The Balaban J connectivity index is 1.21. The molecule has 0 spiro atoms. The summed E-state index contributed by atoms with van der Waals surface area (Å²) in [5.74, 6) is 1.19. The largest absolute Gasteiger partial charge is 0.450 e. The highest BCUT2D eigenvalue weighted by Crippen LogP contribution is 2.42. The molecule has 1 unspecified atom stereocenters. The average molecular weight is 481 g/mol. The van der Waals surface area contributed by atoms with E-state index in [1.807, 2.05) is 23.6 Å². The molecule has 2 aromatic rings. The molecule has 2 aliphatic heterocycles. The van der Waals surface area contributed by atoms with Crippen molar-refractivity contribution in [1.29, 1.82) is 0 Å². The Labute approximate surface area is 206 Å². The number of ether oxygens (including phenoxy) is 1. The molecule has 3 heterocycles. The summed E-state index contributed by atoms with van der Waals surface area (Å²) in [6.45, 7) is 3.92. The van der Waals surface area contributed by atoms with Crippen LogP contribution in [0.2, 0.25) is 0 Å². The maximum atomic E-state index is 12.4. The van der Waals surface area contributed by atoms with E-state index in [1.165, 1.54) is 31.2 Å². The van der Waals surface area contributed by atoms with E-state index in [0.717, 1.165) is 48.4 Å². The van der Waals surface area contributed by atoms with E-state index in [2.05, 4.69) is 28.6 Å². The Morgan fingerprint density at radius 3 is 2.46 bits per heavy atom. The van der Waals surface area contributed by atoms with Crippen LogP contribution in [0.3, 0.4) is 0 Å². The number of nitrogens with one attached hydrogen (secondary N) is 1. The molecule has 8 heteroatoms. The summed E-state index contributed by atoms with van der Waals surface area (Å²) in [7, 11) is 1.93. The van der Waals surface area contributed by atoms with Gasteiger partial charge < -0.3 is 9.64 Å². The van der Waals surface area contributed by atoms with E-state index < -0.39 is 0 Å². The number of hydrogen-bond donors (Lipinski definition) is 1. The second-order valence-electron chi connectivity index (χ2n) is 10.4. The molecule has 1 aromatic carbocycles. The van der Waals surface area contributed by atoms with Gasteiger partial charge in [-0.3, -0.25) is 19.6 Å². The van der Waals surface area contributed by atoms with Gasteiger partial charge in [-0.05, 0) is 81.3 Å². The number of rotatable bonds is 4. The van der Waals surface area contributed by atoms with Gasteiger partial charge in [0.1, 0.15) is 0 Å². The second-order valence-corrected chi connectivity index (χ2v) is 10.4. The summed E-state index contributed by atoms with van der Waals surface area (Å²) in [6, 6.07) is 6.58. The fraction of sp³-hybridized carbons (Fsp3) is 0.630. The maximum absolute atomic E-state index is 12.4. The van der Waals surface area contributed by atoms with Gasteiger partial charge in [0.05, 0.1) is 23.7 Å². The number of carbonyl (C=O) groups is 3. The van der Waals surface area contributed by atoms with Gasteiger partial charge in [-0.2, -0.15) is 5.10 Å². The smallest absolute Gasteiger partial charge is 0.409 e. The summed E-state index contributed by atoms with van der Waals surface area (Å²) < 4.78 is 7.03. The van der Waals surface area contributed by atoms with Gasteiger partial charge in [-0.1, -0.05) is 12.1 Å². The Morgan fingerprint density at radius 2 is 1.77 bits per heavy atom. The average Bonchev–Trinajstić information content (AvgIpc) is 3.20. The first-order chi connectivity index (χ1) is 16.9. The zero-order valence-corrected chi connectivity index (χ0v) is 20.8. The van der Waals surface area contributed by atoms with Crippen LogP contribution in [0.1, 0.15) is 81.4 Å². The minimum Gasteiger partial charge on any atom is -0.450 e. The lowest BCUT2D eigenvalue weighted by atomic mass is 9.71. The third kappa shape index (κ3) is 4.80. The zero-order chi connectivity index (χ0) is 24.5. The van der Waals surface area contributed by atoms with Crippen molar-refractivity contribution in [3.05, 3.63) is 29.5 Å². The maximum Gasteiger partial charge on any atom is 0.409 e. The Kier molecular flexibility index (Phi) is 6.80. The third-order valence-electron chi connectivity index (χ3n) is 8.45. The highest BCUT2D eigenvalue weighted by Gasteiger charge is 2.34. The number of aromatic nitrogens is 2. The van der Waals surface area contributed by atoms with Crippen LogP contribution in [0.5, 0.6) is 0 Å². The van der Waals surface area contributed by atoms with Gasteiger partial charge >= 0.3 is 6.09 Å². The van der Waals surface area contributed by atoms with Gasteiger partial charge in [0, 0.05) is 31.9 Å². The van der Waals surface area contributed by atoms with Crippen LogP contribution >= 0.6 is 0 Å². The third-order valence-corrected chi connectivity index (χ3v) is 8.45. The first-order valence-corrected chi connectivity index (χ1v) is 13.2. The van der Waals surface area contributed by atoms with Crippen molar-refractivity contribution in [3.8, 4) is 0 Å². The number of carbonyl (C=O) groups excluding carboxylic acids is 3. The van der Waals surface area contributed by atoms with Crippen LogP contribution in [0.4, 0.5) is 4.79 Å². The second kappa shape index (κ2) is 9.99. The fourth-order valence-electron chi connectivity index (χ4n) is 6.46. The molecule has 3 aliphatic rings. The van der Waals surface area contributed by atoms with E-state index in [1.54, 1.807) is 0 Å². The van der Waals surface area contributed by atoms with Gasteiger partial charge in [-0.25, -0.2) is 4.79 Å². The monoisotopic (exact) mass is 480 g/mol. The van der Waals surface area contributed by atoms with Gasteiger partial charge in [0.2, 0.25) is 11.8 Å². The highest BCUT2D eigenvalue weighted by molar-refractivity contribution is 6.02. The van der Waals surface area contributed by atoms with E-state index in [4.69, 9.17) is 4.74 Å². The van der Waals surface area contributed by atoms with Gasteiger partial charge in [0.15, 0.2) is 0 Å². The zero-order valence-electron chi connectivity index (χ0n) is 20.8. The van der Waals surface area contributed by atoms with Crippen molar-refractivity contribution in [2.75, 3.05) is 19.7 Å². The molecule has 0 radical (unpaired) electrons. The molecule has 8 nitrogen and oxygen atoms in total. The predicted molar refractivity (Wildman–Crippen MR) is 132 cm³/mol. The van der Waals surface area contributed by atoms with E-state index >= 15 is 0 Å². The summed E-state index contributed by atoms with van der Waals surface area (Å²) in [6.07, 6.45) is 7.72. The molecule has 35 heavy (non-hydrogen) atoms. The van der Waals surface area contributed by atoms with Crippen molar-refractivity contribution < 1.29 is 19.1 Å². The number of hydrogen-bond acceptors (Lipinski definition) is 5. The van der Waals surface area contributed by atoms with E-state index in [0.29, 0.717) is 31.3 Å². The molecule has 1 aromatic heterocycles. The molecular formula is C27H36N4O4. The van der Waals surface area contributed by atoms with Crippen LogP contribution in [-0.2, 0) is 21.4 Å². The topological polar surface area (TPSA) is 93.5 Å². The fourth-order valence-corrected chi connectivity index (χ4v) is 6.46. The predicted octanol–water partition coefficient (Wildman–Crippen LogP) is 4.24. The standard InChI is InChI=1S/C27H36N4O4/c1-3-35-27(34)31-14-12-19(13-15-31)17-4-6-18(7-5-17)20-8-9-21-23(16-20)30(2)29-25(21)22-10-11-24(32)28-26(22)33/h8-9,16-19,22H,3-7,10-15H2,1-2H3,(H,28,32,33). The lowest BCUT2D eigenvalue weighted by Crippen LogP contribution is -2.40. The number of imide groups is 1. The van der Waals surface area contributed by atoms with Crippen molar-refractivity contribution >= 4 is 28.8 Å². The SMILES string of the molecule is CCOC(=O)N1CCC(C2CCC(c3ccc4c(C5CCC(=O)NC5=O)nn(C)c4c3)CC2)CC1. The summed E-state index contributed by atoms with van der Waals surface area (Å²) >= 11 is 0. The summed E-state index contributed by atoms with van der Waals surface area (Å²) in [5.41, 5.74) is 3.18. The molecule has 1 aliphatic carbocycles. The molecule has 1 saturated carbocycles. The molecule has 3 fully saturated rings. The lowest BCUT2D eigenvalue weighted by molar-refractivity contribution is -0.134. The van der Waals surface area contributed by atoms with Crippen LogP contribution in [-0.4, -0.2) is 52.3 Å². The number of fused-ring (bicyclic) bond motifs is 1. The molecule has 188 valence electrons. The van der Waals surface area contributed by atoms with Gasteiger partial charge in [0.25, 0.3) is 0 Å². The highest BCUT2D eigenvalue weighted by atomic mass is 16.6. The van der Waals surface area contributed by atoms with Crippen molar-refractivity contribution in [2.24, 2.45) is 18.9 Å². The molecule has 1 N–H and O–H groups in total. The minimum atomic E-state index is -0.368. The Morgan fingerprint density at radius 1 is 1.06 bits per heavy atom. The number of aryl methyl sites for hydroxylation is 1. The first-order valence-electron chi connectivity index (χ1n) is 13.2. The molecule has 2 saturated heterocycles. The van der Waals surface area contributed by atoms with E-state index in [-0.39, 0.29) is 23.8 Å². The molecule has 5 rings (SSSR count). The normalized spacial score (nSPS) is 26.1. The first kappa shape index (κ1) is 23.8. The Bertz CT molecular complexity index is 1110. The number of benzene rings is 1. The van der Waals surface area contributed by atoms with Crippen LogP contribution < -0.4 is 5.32 Å². The number of likely N-dealkylation sites (tertiary alicyclic amines) is 1. The van der Waals surface area contributed by atoms with Crippen molar-refractivity contribution in [1.82, 2.24) is 20.0 Å². The van der Waals surface area contributed by atoms with E-state index in [9.17, 15) is 14.4 Å². The molecular weight excluding hydrogens is 444 g/mol. The Hall–Kier alpha value is -2.90. The molecule has 1 atom stereocenters. The summed E-state index contributed by atoms with van der Waals surface area (Å²) in [5, 5.41) is 8.15. The van der Waals surface area contributed by atoms with Crippen LogP contribution in [0.25, 0.3) is 10.9 Å².